The summed E-state index contributed by atoms with van der Waals surface area (Å²) in [6, 6.07) is 22.0. The lowest BCUT2D eigenvalue weighted by molar-refractivity contribution is 0.0240. The Kier molecular flexibility index (Phi) is 6.89. The fourth-order valence-electron chi connectivity index (χ4n) is 4.37. The molecule has 1 aromatic heterocycles. The predicted molar refractivity (Wildman–Crippen MR) is 150 cm³/mol. The Balaban J connectivity index is 1.27. The lowest BCUT2D eigenvalue weighted by Crippen LogP contribution is -2.50. The van der Waals surface area contributed by atoms with Crippen LogP contribution < -0.4 is 10.2 Å². The molecule has 0 bridgehead atoms. The Morgan fingerprint density at radius 2 is 1.62 bits per heavy atom. The number of ether oxygens (including phenoxy) is 1. The molecule has 7 nitrogen and oxygen atoms in total. The topological polar surface area (TPSA) is 70.6 Å². The minimum Gasteiger partial charge on any atom is -0.444 e. The third-order valence-electron chi connectivity index (χ3n) is 6.19. The molecule has 1 amide bonds. The van der Waals surface area contributed by atoms with Gasteiger partial charge in [0.1, 0.15) is 5.60 Å². The number of nitrogens with zero attached hydrogens (tertiary/aromatic N) is 4. The number of aromatic nitrogens is 2. The van der Waals surface area contributed by atoms with Crippen LogP contribution in [0.3, 0.4) is 0 Å². The van der Waals surface area contributed by atoms with Gasteiger partial charge in [0.25, 0.3) is 0 Å². The summed E-state index contributed by atoms with van der Waals surface area (Å²) in [5.41, 5.74) is 4.26. The molecule has 1 aliphatic heterocycles. The van der Waals surface area contributed by atoms with Crippen LogP contribution in [0.5, 0.6) is 0 Å². The van der Waals surface area contributed by atoms with E-state index in [1.165, 1.54) is 0 Å². The van der Waals surface area contributed by atoms with Gasteiger partial charge in [-0.25, -0.2) is 14.8 Å². The van der Waals surface area contributed by atoms with Gasteiger partial charge in [0.15, 0.2) is 0 Å². The molecular formula is C29H30ClN5O2. The highest BCUT2D eigenvalue weighted by Gasteiger charge is 2.26. The highest BCUT2D eigenvalue weighted by atomic mass is 35.5. The predicted octanol–water partition coefficient (Wildman–Crippen LogP) is 6.75. The molecule has 190 valence electrons. The van der Waals surface area contributed by atoms with E-state index in [-0.39, 0.29) is 6.09 Å². The standard InChI is InChI=1S/C29H30ClN5O2/c1-29(2,3)37-28(36)35-17-15-34(16-18-35)22-13-11-21(12-14-22)32-27-31-19-20-7-6-9-24(26(20)33-27)23-8-4-5-10-25(23)30/h4-14,19H,15-18H2,1-3H3,(H,31,32,33). The largest absolute Gasteiger partial charge is 0.444 e. The molecule has 1 aliphatic rings. The first kappa shape index (κ1) is 24.8. The lowest BCUT2D eigenvalue weighted by Gasteiger charge is -2.36. The van der Waals surface area contributed by atoms with Crippen LogP contribution in [0.1, 0.15) is 20.8 Å². The molecule has 5 rings (SSSR count). The van der Waals surface area contributed by atoms with E-state index in [0.29, 0.717) is 24.1 Å². The van der Waals surface area contributed by atoms with Crippen molar-refractivity contribution in [3.05, 3.63) is 77.9 Å². The first-order chi connectivity index (χ1) is 17.8. The number of nitrogens with one attached hydrogen (secondary N) is 1. The van der Waals surface area contributed by atoms with Gasteiger partial charge in [-0.3, -0.25) is 0 Å². The second-order valence-electron chi connectivity index (χ2n) is 10.0. The molecule has 0 aliphatic carbocycles. The summed E-state index contributed by atoms with van der Waals surface area (Å²) in [7, 11) is 0. The van der Waals surface area contributed by atoms with Gasteiger partial charge < -0.3 is 19.9 Å². The molecule has 0 unspecified atom stereocenters. The van der Waals surface area contributed by atoms with Gasteiger partial charge in [-0.1, -0.05) is 48.0 Å². The number of amides is 1. The highest BCUT2D eigenvalue weighted by molar-refractivity contribution is 6.33. The summed E-state index contributed by atoms with van der Waals surface area (Å²) in [6.45, 7) is 8.43. The van der Waals surface area contributed by atoms with Crippen molar-refractivity contribution < 1.29 is 9.53 Å². The molecule has 1 N–H and O–H groups in total. The fraction of sp³-hybridized carbons (Fsp3) is 0.276. The van der Waals surface area contributed by atoms with Crippen LogP contribution in [0.4, 0.5) is 22.1 Å². The van der Waals surface area contributed by atoms with Crippen molar-refractivity contribution in [1.29, 1.82) is 0 Å². The van der Waals surface area contributed by atoms with Crippen molar-refractivity contribution in [2.45, 2.75) is 26.4 Å². The van der Waals surface area contributed by atoms with E-state index in [1.54, 1.807) is 4.90 Å². The van der Waals surface area contributed by atoms with Crippen molar-refractivity contribution in [1.82, 2.24) is 14.9 Å². The number of fused-ring (bicyclic) bond motifs is 1. The normalized spacial score (nSPS) is 14.1. The molecule has 4 aromatic rings. The van der Waals surface area contributed by atoms with Crippen LogP contribution in [0.2, 0.25) is 5.02 Å². The van der Waals surface area contributed by atoms with Gasteiger partial charge in [-0.15, -0.1) is 0 Å². The van der Waals surface area contributed by atoms with Crippen molar-refractivity contribution in [3.8, 4) is 11.1 Å². The van der Waals surface area contributed by atoms with E-state index >= 15 is 0 Å². The quantitative estimate of drug-likeness (QED) is 0.324. The Morgan fingerprint density at radius 3 is 2.32 bits per heavy atom. The van der Waals surface area contributed by atoms with Gasteiger partial charge >= 0.3 is 6.09 Å². The van der Waals surface area contributed by atoms with E-state index in [4.69, 9.17) is 21.3 Å². The van der Waals surface area contributed by atoms with Crippen molar-refractivity contribution >= 4 is 45.9 Å². The van der Waals surface area contributed by atoms with E-state index < -0.39 is 5.60 Å². The molecule has 0 atom stereocenters. The Hall–Kier alpha value is -3.84. The minimum absolute atomic E-state index is 0.250. The number of para-hydroxylation sites is 1. The van der Waals surface area contributed by atoms with Crippen LogP contribution in [-0.4, -0.2) is 52.7 Å². The molecule has 0 radical (unpaired) electrons. The molecule has 0 spiro atoms. The van der Waals surface area contributed by atoms with Crippen LogP contribution >= 0.6 is 11.6 Å². The zero-order valence-electron chi connectivity index (χ0n) is 21.2. The Morgan fingerprint density at radius 1 is 0.919 bits per heavy atom. The number of piperazine rings is 1. The number of halogens is 1. The number of anilines is 3. The summed E-state index contributed by atoms with van der Waals surface area (Å²) in [5, 5.41) is 4.95. The van der Waals surface area contributed by atoms with Crippen LogP contribution in [-0.2, 0) is 4.74 Å². The van der Waals surface area contributed by atoms with Crippen molar-refractivity contribution in [2.24, 2.45) is 0 Å². The monoisotopic (exact) mass is 515 g/mol. The average Bonchev–Trinajstić information content (AvgIpc) is 2.88. The minimum atomic E-state index is -0.484. The molecule has 37 heavy (non-hydrogen) atoms. The molecule has 3 aromatic carbocycles. The Labute approximate surface area is 222 Å². The van der Waals surface area contributed by atoms with Gasteiger partial charge in [-0.05, 0) is 51.1 Å². The second-order valence-corrected chi connectivity index (χ2v) is 10.5. The molecule has 8 heteroatoms. The average molecular weight is 516 g/mol. The molecular weight excluding hydrogens is 486 g/mol. The summed E-state index contributed by atoms with van der Waals surface area (Å²) in [6.07, 6.45) is 1.57. The second kappa shape index (κ2) is 10.3. The summed E-state index contributed by atoms with van der Waals surface area (Å²) < 4.78 is 5.50. The SMILES string of the molecule is CC(C)(C)OC(=O)N1CCN(c2ccc(Nc3ncc4cccc(-c5ccccc5Cl)c4n3)cc2)CC1. The third-order valence-corrected chi connectivity index (χ3v) is 6.52. The van der Waals surface area contributed by atoms with Crippen molar-refractivity contribution in [2.75, 3.05) is 36.4 Å². The van der Waals surface area contributed by atoms with Crippen LogP contribution in [0, 0.1) is 0 Å². The zero-order valence-corrected chi connectivity index (χ0v) is 22.0. The highest BCUT2D eigenvalue weighted by Crippen LogP contribution is 2.33. The van der Waals surface area contributed by atoms with Crippen LogP contribution in [0.15, 0.2) is 72.9 Å². The molecule has 0 saturated carbocycles. The van der Waals surface area contributed by atoms with E-state index in [0.717, 1.165) is 46.5 Å². The Bertz CT molecular complexity index is 1410. The van der Waals surface area contributed by atoms with E-state index in [2.05, 4.69) is 27.3 Å². The fourth-order valence-corrected chi connectivity index (χ4v) is 4.61. The number of carbonyl (C=O) groups is 1. The smallest absolute Gasteiger partial charge is 0.410 e. The first-order valence-corrected chi connectivity index (χ1v) is 12.8. The number of rotatable bonds is 4. The maximum absolute atomic E-state index is 12.3. The third kappa shape index (κ3) is 5.78. The van der Waals surface area contributed by atoms with Gasteiger partial charge in [-0.2, -0.15) is 0 Å². The van der Waals surface area contributed by atoms with E-state index in [1.807, 2.05) is 81.6 Å². The van der Waals surface area contributed by atoms with E-state index in [9.17, 15) is 4.79 Å². The molecule has 2 heterocycles. The van der Waals surface area contributed by atoms with Gasteiger partial charge in [0.2, 0.25) is 5.95 Å². The maximum Gasteiger partial charge on any atom is 0.410 e. The maximum atomic E-state index is 12.3. The summed E-state index contributed by atoms with van der Waals surface area (Å²) in [5.74, 6) is 0.519. The number of carbonyl (C=O) groups excluding carboxylic acids is 1. The van der Waals surface area contributed by atoms with Gasteiger partial charge in [0.05, 0.1) is 5.52 Å². The molecule has 1 fully saturated rings. The number of hydrogen-bond acceptors (Lipinski definition) is 6. The van der Waals surface area contributed by atoms with Crippen LogP contribution in [0.25, 0.3) is 22.0 Å². The first-order valence-electron chi connectivity index (χ1n) is 12.4. The number of hydrogen-bond donors (Lipinski definition) is 1. The number of benzene rings is 3. The van der Waals surface area contributed by atoms with Crippen molar-refractivity contribution in [3.63, 3.8) is 0 Å². The lowest BCUT2D eigenvalue weighted by atomic mass is 10.0. The summed E-state index contributed by atoms with van der Waals surface area (Å²) >= 11 is 6.47. The summed E-state index contributed by atoms with van der Waals surface area (Å²) in [4.78, 5) is 25.7. The molecule has 1 saturated heterocycles. The van der Waals surface area contributed by atoms with Gasteiger partial charge in [0, 0.05) is 65.3 Å². The zero-order chi connectivity index (χ0) is 26.0.